The first-order valence-corrected chi connectivity index (χ1v) is 11.2. The van der Waals surface area contributed by atoms with Gasteiger partial charge in [-0.05, 0) is 70.7 Å². The number of hydrogen-bond acceptors (Lipinski definition) is 6. The number of benzene rings is 2. The molecule has 0 aliphatic heterocycles. The number of nitro groups is 1. The molecular formula is C25H31N3O5. The van der Waals surface area contributed by atoms with Crippen molar-refractivity contribution >= 4 is 22.6 Å². The van der Waals surface area contributed by atoms with E-state index in [4.69, 9.17) is 9.47 Å². The summed E-state index contributed by atoms with van der Waals surface area (Å²) in [6.07, 6.45) is 3.82. The van der Waals surface area contributed by atoms with Crippen LogP contribution in [-0.2, 0) is 11.2 Å². The van der Waals surface area contributed by atoms with Crippen molar-refractivity contribution in [3.05, 3.63) is 56.8 Å². The second-order valence-corrected chi connectivity index (χ2v) is 9.26. The molecule has 8 nitrogen and oxygen atoms in total. The summed E-state index contributed by atoms with van der Waals surface area (Å²) < 4.78 is 12.0. The van der Waals surface area contributed by atoms with Gasteiger partial charge in [-0.15, -0.1) is 0 Å². The monoisotopic (exact) mass is 453 g/mol. The number of unbranched alkanes of at least 4 members (excludes halogenated alkanes) is 2. The van der Waals surface area contributed by atoms with Gasteiger partial charge in [0.25, 0.3) is 5.69 Å². The molecule has 0 amide bonds. The average molecular weight is 454 g/mol. The normalized spacial score (nSPS) is 11.6. The van der Waals surface area contributed by atoms with E-state index in [1.807, 2.05) is 26.8 Å². The summed E-state index contributed by atoms with van der Waals surface area (Å²) in [5, 5.41) is 19.4. The molecule has 0 fully saturated rings. The van der Waals surface area contributed by atoms with E-state index in [2.05, 4.69) is 17.1 Å². The van der Waals surface area contributed by atoms with Crippen LogP contribution in [0.4, 0.5) is 5.69 Å². The minimum atomic E-state index is -0.693. The number of H-pyrrole nitrogens is 1. The highest BCUT2D eigenvalue weighted by Gasteiger charge is 2.27. The molecule has 3 aromatic rings. The van der Waals surface area contributed by atoms with E-state index in [0.717, 1.165) is 36.9 Å². The fourth-order valence-electron chi connectivity index (χ4n) is 3.80. The number of aromatic nitrogens is 2. The highest BCUT2D eigenvalue weighted by molar-refractivity contribution is 6.07. The Morgan fingerprint density at radius 2 is 1.82 bits per heavy atom. The number of fused-ring (bicyclic) bond motifs is 1. The zero-order valence-electron chi connectivity index (χ0n) is 20.1. The zero-order valence-corrected chi connectivity index (χ0v) is 20.1. The number of esters is 1. The van der Waals surface area contributed by atoms with E-state index in [-0.39, 0.29) is 5.69 Å². The van der Waals surface area contributed by atoms with E-state index in [1.165, 1.54) is 12.1 Å². The van der Waals surface area contributed by atoms with E-state index in [1.54, 1.807) is 19.9 Å². The molecule has 0 saturated heterocycles. The number of nitro benzene ring substituents is 1. The molecular weight excluding hydrogens is 422 g/mol. The topological polar surface area (TPSA) is 107 Å². The van der Waals surface area contributed by atoms with Crippen LogP contribution in [-0.4, -0.2) is 26.7 Å². The molecule has 0 atom stereocenters. The van der Waals surface area contributed by atoms with Gasteiger partial charge >= 0.3 is 5.97 Å². The summed E-state index contributed by atoms with van der Waals surface area (Å²) in [5.74, 6) is 0.300. The summed E-state index contributed by atoms with van der Waals surface area (Å²) in [5.41, 5.74) is 2.34. The molecule has 1 heterocycles. The lowest BCUT2D eigenvalue weighted by Crippen LogP contribution is -2.24. The van der Waals surface area contributed by atoms with Crippen LogP contribution in [0.3, 0.4) is 0 Å². The third-order valence-electron chi connectivity index (χ3n) is 5.26. The number of rotatable bonds is 8. The van der Waals surface area contributed by atoms with Crippen LogP contribution in [0.1, 0.15) is 74.1 Å². The summed E-state index contributed by atoms with van der Waals surface area (Å²) in [4.78, 5) is 24.1. The van der Waals surface area contributed by atoms with Crippen molar-refractivity contribution in [3.8, 4) is 11.5 Å². The van der Waals surface area contributed by atoms with Crippen molar-refractivity contribution in [1.82, 2.24) is 10.2 Å². The fourth-order valence-corrected chi connectivity index (χ4v) is 3.80. The van der Waals surface area contributed by atoms with Gasteiger partial charge in [0.1, 0.15) is 22.7 Å². The molecule has 0 spiro atoms. The van der Waals surface area contributed by atoms with Crippen LogP contribution >= 0.6 is 0 Å². The van der Waals surface area contributed by atoms with Crippen molar-refractivity contribution in [1.29, 1.82) is 0 Å². The quantitative estimate of drug-likeness (QED) is 0.179. The summed E-state index contributed by atoms with van der Waals surface area (Å²) in [6, 6.07) is 6.45. The van der Waals surface area contributed by atoms with E-state index < -0.39 is 16.5 Å². The van der Waals surface area contributed by atoms with Gasteiger partial charge in [-0.1, -0.05) is 19.8 Å². The predicted molar refractivity (Wildman–Crippen MR) is 127 cm³/mol. The van der Waals surface area contributed by atoms with Crippen molar-refractivity contribution in [2.45, 2.75) is 72.8 Å². The molecule has 0 aliphatic carbocycles. The molecule has 0 radical (unpaired) electrons. The van der Waals surface area contributed by atoms with E-state index in [9.17, 15) is 14.9 Å². The van der Waals surface area contributed by atoms with Crippen LogP contribution in [0.25, 0.3) is 10.9 Å². The van der Waals surface area contributed by atoms with Gasteiger partial charge in [0.2, 0.25) is 0 Å². The number of aryl methyl sites for hydroxylation is 3. The minimum Gasteiger partial charge on any atom is -0.456 e. The van der Waals surface area contributed by atoms with Crippen LogP contribution in [0.15, 0.2) is 24.3 Å². The Bertz CT molecular complexity index is 1170. The maximum Gasteiger partial charge on any atom is 0.343 e. The molecule has 176 valence electrons. The number of non-ortho nitro benzene ring substituents is 1. The lowest BCUT2D eigenvalue weighted by molar-refractivity contribution is -0.385. The van der Waals surface area contributed by atoms with Crippen LogP contribution in [0.2, 0.25) is 0 Å². The SMILES string of the molecule is CCCCCc1n[nH]c2ccc(Oc3c(C)cc([N+](=O)[O-])cc3C)c(C(=O)OC(C)(C)C)c12. The molecule has 0 bridgehead atoms. The first-order chi connectivity index (χ1) is 15.5. The standard InChI is InChI=1S/C25H31N3O5/c1-7-8-9-10-18-21-19(27-26-18)11-12-20(22(21)24(29)33-25(4,5)6)32-23-15(2)13-17(28(30)31)14-16(23)3/h11-14H,7-10H2,1-6H3,(H,26,27). The predicted octanol–water partition coefficient (Wildman–Crippen LogP) is 6.57. The summed E-state index contributed by atoms with van der Waals surface area (Å²) >= 11 is 0. The number of carbonyl (C=O) groups is 1. The van der Waals surface area contributed by atoms with Crippen LogP contribution in [0, 0.1) is 24.0 Å². The van der Waals surface area contributed by atoms with Crippen molar-refractivity contribution in [2.24, 2.45) is 0 Å². The van der Waals surface area contributed by atoms with Gasteiger partial charge in [-0.3, -0.25) is 15.2 Å². The molecule has 1 aromatic heterocycles. The molecule has 1 N–H and O–H groups in total. The molecule has 3 rings (SSSR count). The maximum absolute atomic E-state index is 13.3. The first kappa shape index (κ1) is 24.2. The van der Waals surface area contributed by atoms with Gasteiger partial charge < -0.3 is 9.47 Å². The second-order valence-electron chi connectivity index (χ2n) is 9.26. The third kappa shape index (κ3) is 5.50. The van der Waals surface area contributed by atoms with E-state index >= 15 is 0 Å². The Labute approximate surface area is 193 Å². The Hall–Kier alpha value is -3.42. The highest BCUT2D eigenvalue weighted by atomic mass is 16.6. The molecule has 2 aromatic carbocycles. The van der Waals surface area contributed by atoms with E-state index in [0.29, 0.717) is 33.6 Å². The van der Waals surface area contributed by atoms with Gasteiger partial charge in [0.05, 0.1) is 16.1 Å². The van der Waals surface area contributed by atoms with Crippen molar-refractivity contribution in [2.75, 3.05) is 0 Å². The van der Waals surface area contributed by atoms with Gasteiger partial charge in [0.15, 0.2) is 0 Å². The van der Waals surface area contributed by atoms with Crippen molar-refractivity contribution in [3.63, 3.8) is 0 Å². The van der Waals surface area contributed by atoms with Crippen LogP contribution < -0.4 is 4.74 Å². The lowest BCUT2D eigenvalue weighted by Gasteiger charge is -2.21. The summed E-state index contributed by atoms with van der Waals surface area (Å²) in [7, 11) is 0. The molecule has 0 saturated carbocycles. The molecule has 8 heteroatoms. The second kappa shape index (κ2) is 9.60. The maximum atomic E-state index is 13.3. The first-order valence-electron chi connectivity index (χ1n) is 11.2. The number of aromatic amines is 1. The molecule has 0 unspecified atom stereocenters. The Balaban J connectivity index is 2.15. The smallest absolute Gasteiger partial charge is 0.343 e. The highest BCUT2D eigenvalue weighted by Crippen LogP contribution is 2.38. The van der Waals surface area contributed by atoms with Gasteiger partial charge in [0, 0.05) is 17.5 Å². The van der Waals surface area contributed by atoms with Crippen LogP contribution in [0.5, 0.6) is 11.5 Å². The minimum absolute atomic E-state index is 0.00628. The fraction of sp³-hybridized carbons (Fsp3) is 0.440. The van der Waals surface area contributed by atoms with Crippen molar-refractivity contribution < 1.29 is 19.2 Å². The number of hydrogen-bond donors (Lipinski definition) is 1. The Kier molecular flexibility index (Phi) is 7.05. The molecule has 0 aliphatic rings. The number of carbonyl (C=O) groups excluding carboxylic acids is 1. The van der Waals surface area contributed by atoms with Gasteiger partial charge in [-0.2, -0.15) is 5.10 Å². The number of ether oxygens (including phenoxy) is 2. The Morgan fingerprint density at radius 1 is 1.15 bits per heavy atom. The van der Waals surface area contributed by atoms with Gasteiger partial charge in [-0.25, -0.2) is 4.79 Å². The average Bonchev–Trinajstić information content (AvgIpc) is 3.12. The number of nitrogens with zero attached hydrogens (tertiary/aromatic N) is 2. The number of nitrogens with one attached hydrogen (secondary N) is 1. The Morgan fingerprint density at radius 3 is 2.39 bits per heavy atom. The third-order valence-corrected chi connectivity index (χ3v) is 5.26. The largest absolute Gasteiger partial charge is 0.456 e. The zero-order chi connectivity index (χ0) is 24.3. The lowest BCUT2D eigenvalue weighted by atomic mass is 10.0. The summed E-state index contributed by atoms with van der Waals surface area (Å²) in [6.45, 7) is 11.1. The molecule has 33 heavy (non-hydrogen) atoms.